The predicted molar refractivity (Wildman–Crippen MR) is 110 cm³/mol. The van der Waals surface area contributed by atoms with Crippen molar-refractivity contribution in [2.24, 2.45) is 11.7 Å². The first-order valence-corrected chi connectivity index (χ1v) is 10.1. The Labute approximate surface area is 172 Å². The lowest BCUT2D eigenvalue weighted by atomic mass is 10.1. The molecule has 1 aromatic heterocycles. The average molecular weight is 420 g/mol. The first kappa shape index (κ1) is 22.3. The first-order chi connectivity index (χ1) is 13.7. The van der Waals surface area contributed by atoms with Crippen molar-refractivity contribution in [2.45, 2.75) is 39.7 Å². The van der Waals surface area contributed by atoms with Crippen LogP contribution in [0.1, 0.15) is 32.0 Å². The molecule has 0 saturated heterocycles. The molecule has 2 rings (SSSR count). The lowest BCUT2D eigenvalue weighted by Gasteiger charge is -2.27. The van der Waals surface area contributed by atoms with Crippen molar-refractivity contribution in [2.75, 3.05) is 11.4 Å². The fourth-order valence-corrected chi connectivity index (χ4v) is 3.60. The van der Waals surface area contributed by atoms with Crippen molar-refractivity contribution in [3.63, 3.8) is 0 Å². The van der Waals surface area contributed by atoms with Gasteiger partial charge in [0.2, 0.25) is 0 Å². The number of aryl methyl sites for hydroxylation is 1. The van der Waals surface area contributed by atoms with Crippen LogP contribution in [0, 0.1) is 16.0 Å². The smallest absolute Gasteiger partial charge is 0.405 e. The van der Waals surface area contributed by atoms with Crippen LogP contribution in [-0.4, -0.2) is 34.6 Å². The third-order valence-electron chi connectivity index (χ3n) is 4.26. The van der Waals surface area contributed by atoms with Gasteiger partial charge in [-0.3, -0.25) is 19.8 Å². The van der Waals surface area contributed by atoms with Gasteiger partial charge >= 0.3 is 6.09 Å². The minimum absolute atomic E-state index is 0.00363. The van der Waals surface area contributed by atoms with Gasteiger partial charge in [0.25, 0.3) is 11.6 Å². The van der Waals surface area contributed by atoms with Crippen molar-refractivity contribution in [1.29, 1.82) is 0 Å². The van der Waals surface area contributed by atoms with Gasteiger partial charge in [0.05, 0.1) is 10.6 Å². The lowest BCUT2D eigenvalue weighted by molar-refractivity contribution is -0.384. The molecule has 0 aliphatic carbocycles. The molecule has 9 nitrogen and oxygen atoms in total. The molecule has 0 aliphatic rings. The van der Waals surface area contributed by atoms with E-state index in [0.29, 0.717) is 11.6 Å². The maximum Gasteiger partial charge on any atom is 0.405 e. The van der Waals surface area contributed by atoms with Crippen LogP contribution in [0.25, 0.3) is 0 Å². The van der Waals surface area contributed by atoms with Gasteiger partial charge in [0, 0.05) is 24.1 Å². The Balaban J connectivity index is 2.25. The first-order valence-electron chi connectivity index (χ1n) is 9.18. The van der Waals surface area contributed by atoms with Crippen molar-refractivity contribution in [1.82, 2.24) is 4.98 Å². The van der Waals surface area contributed by atoms with Gasteiger partial charge in [-0.25, -0.2) is 9.78 Å². The van der Waals surface area contributed by atoms with Gasteiger partial charge in [0.1, 0.15) is 0 Å². The van der Waals surface area contributed by atoms with E-state index in [1.54, 1.807) is 26.0 Å². The molecule has 0 bridgehead atoms. The van der Waals surface area contributed by atoms with Gasteiger partial charge in [-0.2, -0.15) is 0 Å². The number of benzene rings is 1. The van der Waals surface area contributed by atoms with Crippen LogP contribution in [0.4, 0.5) is 15.6 Å². The molecule has 0 unspecified atom stereocenters. The molecule has 0 aliphatic heterocycles. The summed E-state index contributed by atoms with van der Waals surface area (Å²) >= 11 is 1.33. The van der Waals surface area contributed by atoms with Crippen LogP contribution >= 0.6 is 11.3 Å². The third-order valence-corrected chi connectivity index (χ3v) is 5.17. The Bertz CT molecular complexity index is 866. The zero-order valence-electron chi connectivity index (χ0n) is 16.5. The summed E-state index contributed by atoms with van der Waals surface area (Å²) in [5, 5.41) is 13.2. The van der Waals surface area contributed by atoms with Gasteiger partial charge in [0.15, 0.2) is 11.2 Å². The predicted octanol–water partition coefficient (Wildman–Crippen LogP) is 3.31. The molecule has 2 aromatic rings. The number of nitrogens with two attached hydrogens (primary N) is 1. The molecule has 2 amide bonds. The summed E-state index contributed by atoms with van der Waals surface area (Å²) in [6, 6.07) is 6.15. The molecule has 1 atom stereocenters. The van der Waals surface area contributed by atoms with E-state index in [9.17, 15) is 19.7 Å². The molecule has 156 valence electrons. The maximum absolute atomic E-state index is 13.2. The summed E-state index contributed by atoms with van der Waals surface area (Å²) in [7, 11) is 0. The van der Waals surface area contributed by atoms with E-state index >= 15 is 0 Å². The average Bonchev–Trinajstić information content (AvgIpc) is 3.15. The molecule has 0 radical (unpaired) electrons. The number of carbonyl (C=O) groups excluding carboxylic acids is 2. The number of primary amides is 1. The Morgan fingerprint density at radius 3 is 2.45 bits per heavy atom. The maximum atomic E-state index is 13.2. The number of aromatic nitrogens is 1. The van der Waals surface area contributed by atoms with E-state index in [4.69, 9.17) is 10.5 Å². The molecule has 29 heavy (non-hydrogen) atoms. The molecule has 1 aromatic carbocycles. The van der Waals surface area contributed by atoms with Crippen LogP contribution in [0.2, 0.25) is 0 Å². The SMILES string of the molecule is CCc1csc(N(CCc2ccc([N+](=O)[O-])cc2)C(=O)[C@@H](OC(N)=O)C(C)C)n1. The topological polar surface area (TPSA) is 129 Å². The second-order valence-electron chi connectivity index (χ2n) is 6.74. The summed E-state index contributed by atoms with van der Waals surface area (Å²) in [5.41, 5.74) is 6.83. The van der Waals surface area contributed by atoms with E-state index < -0.39 is 23.0 Å². The number of nitro groups is 1. The van der Waals surface area contributed by atoms with E-state index in [1.165, 1.54) is 28.4 Å². The number of rotatable bonds is 9. The van der Waals surface area contributed by atoms with Gasteiger partial charge in [-0.05, 0) is 24.3 Å². The molecule has 2 N–H and O–H groups in total. The normalized spacial score (nSPS) is 11.9. The Kier molecular flexibility index (Phi) is 7.66. The number of anilines is 1. The second kappa shape index (κ2) is 9.97. The Morgan fingerprint density at radius 1 is 1.31 bits per heavy atom. The second-order valence-corrected chi connectivity index (χ2v) is 7.58. The number of nitrogens with zero attached hydrogens (tertiary/aromatic N) is 3. The number of ether oxygens (including phenoxy) is 1. The fraction of sp³-hybridized carbons (Fsp3) is 0.421. The Hall–Kier alpha value is -3.01. The number of amides is 2. The standard InChI is InChI=1S/C19H24N4O5S/c1-4-14-11-29-19(21-14)22(17(24)16(12(2)3)28-18(20)25)10-9-13-5-7-15(8-6-13)23(26)27/h5-8,11-12,16H,4,9-10H2,1-3H3,(H2,20,25)/t16-/m0/s1. The number of hydrogen-bond donors (Lipinski definition) is 1. The zero-order valence-corrected chi connectivity index (χ0v) is 17.3. The number of nitro benzene ring substituents is 1. The van der Waals surface area contributed by atoms with Crippen LogP contribution < -0.4 is 10.6 Å². The van der Waals surface area contributed by atoms with Gasteiger partial charge < -0.3 is 10.5 Å². The number of thiazole rings is 1. The monoisotopic (exact) mass is 420 g/mol. The van der Waals surface area contributed by atoms with E-state index in [-0.39, 0.29) is 18.2 Å². The summed E-state index contributed by atoms with van der Waals surface area (Å²) in [4.78, 5) is 40.7. The third kappa shape index (κ3) is 5.98. The highest BCUT2D eigenvalue weighted by Gasteiger charge is 2.32. The van der Waals surface area contributed by atoms with Crippen LogP contribution in [0.3, 0.4) is 0 Å². The molecule has 0 saturated carbocycles. The Morgan fingerprint density at radius 2 is 1.97 bits per heavy atom. The highest BCUT2D eigenvalue weighted by atomic mass is 32.1. The molecular formula is C19H24N4O5S. The van der Waals surface area contributed by atoms with E-state index in [2.05, 4.69) is 4.98 Å². The van der Waals surface area contributed by atoms with Crippen molar-refractivity contribution >= 4 is 34.2 Å². The summed E-state index contributed by atoms with van der Waals surface area (Å²) in [6.07, 6.45) is -0.864. The molecule has 0 fully saturated rings. The highest BCUT2D eigenvalue weighted by Crippen LogP contribution is 2.24. The minimum Gasteiger partial charge on any atom is -0.436 e. The fourth-order valence-electron chi connectivity index (χ4n) is 2.66. The zero-order chi connectivity index (χ0) is 21.6. The van der Waals surface area contributed by atoms with Crippen molar-refractivity contribution < 1.29 is 19.2 Å². The van der Waals surface area contributed by atoms with Gasteiger partial charge in [-0.15, -0.1) is 11.3 Å². The molecule has 1 heterocycles. The summed E-state index contributed by atoms with van der Waals surface area (Å²) in [5.74, 6) is -0.680. The highest BCUT2D eigenvalue weighted by molar-refractivity contribution is 7.14. The van der Waals surface area contributed by atoms with Gasteiger partial charge in [-0.1, -0.05) is 32.9 Å². The quantitative estimate of drug-likeness (QED) is 0.489. The minimum atomic E-state index is -1.03. The molecular weight excluding hydrogens is 396 g/mol. The van der Waals surface area contributed by atoms with E-state index in [0.717, 1.165) is 17.7 Å². The molecule has 0 spiro atoms. The van der Waals surface area contributed by atoms with E-state index in [1.807, 2.05) is 12.3 Å². The van der Waals surface area contributed by atoms with Crippen LogP contribution in [0.5, 0.6) is 0 Å². The molecule has 10 heteroatoms. The van der Waals surface area contributed by atoms with Crippen molar-refractivity contribution in [3.8, 4) is 0 Å². The summed E-state index contributed by atoms with van der Waals surface area (Å²) in [6.45, 7) is 5.77. The van der Waals surface area contributed by atoms with Crippen LogP contribution in [-0.2, 0) is 22.4 Å². The number of carbonyl (C=O) groups is 2. The summed E-state index contributed by atoms with van der Waals surface area (Å²) < 4.78 is 5.05. The number of non-ortho nitro benzene ring substituents is 1. The van der Waals surface area contributed by atoms with Crippen LogP contribution in [0.15, 0.2) is 29.6 Å². The number of hydrogen-bond acceptors (Lipinski definition) is 7. The lowest BCUT2D eigenvalue weighted by Crippen LogP contribution is -2.45. The largest absolute Gasteiger partial charge is 0.436 e. The van der Waals surface area contributed by atoms with Crippen molar-refractivity contribution in [3.05, 3.63) is 51.0 Å².